The molecular weight excluding hydrogens is 232 g/mol. The summed E-state index contributed by atoms with van der Waals surface area (Å²) in [6.07, 6.45) is -0.288. The van der Waals surface area contributed by atoms with Crippen molar-refractivity contribution in [3.05, 3.63) is 17.2 Å². The molecule has 18 heavy (non-hydrogen) atoms. The topological polar surface area (TPSA) is 70.2 Å². The van der Waals surface area contributed by atoms with E-state index in [-0.39, 0.29) is 6.09 Å². The van der Waals surface area contributed by atoms with Crippen LogP contribution in [-0.4, -0.2) is 33.6 Å². The SMILES string of the molecule is CNCc1nc2c([nH]1)CN(C(=O)OC(C)(C)C)C2. The normalized spacial score (nSPS) is 14.8. The number of imidazole rings is 1. The van der Waals surface area contributed by atoms with Crippen LogP contribution < -0.4 is 5.32 Å². The number of carbonyl (C=O) groups excluding carboxylic acids is 1. The van der Waals surface area contributed by atoms with Gasteiger partial charge >= 0.3 is 6.09 Å². The number of nitrogens with one attached hydrogen (secondary N) is 2. The first-order valence-corrected chi connectivity index (χ1v) is 6.08. The van der Waals surface area contributed by atoms with Crippen molar-refractivity contribution in [1.29, 1.82) is 0 Å². The van der Waals surface area contributed by atoms with Crippen LogP contribution in [-0.2, 0) is 24.4 Å². The summed E-state index contributed by atoms with van der Waals surface area (Å²) in [5.74, 6) is 0.909. The highest BCUT2D eigenvalue weighted by molar-refractivity contribution is 5.68. The zero-order chi connectivity index (χ0) is 13.3. The lowest BCUT2D eigenvalue weighted by atomic mass is 10.2. The van der Waals surface area contributed by atoms with E-state index in [2.05, 4.69) is 15.3 Å². The van der Waals surface area contributed by atoms with Crippen molar-refractivity contribution < 1.29 is 9.53 Å². The van der Waals surface area contributed by atoms with Crippen LogP contribution in [0.2, 0.25) is 0 Å². The number of amides is 1. The monoisotopic (exact) mass is 252 g/mol. The molecule has 6 heteroatoms. The highest BCUT2D eigenvalue weighted by Gasteiger charge is 2.29. The molecule has 0 atom stereocenters. The maximum Gasteiger partial charge on any atom is 0.410 e. The summed E-state index contributed by atoms with van der Waals surface area (Å²) < 4.78 is 5.33. The van der Waals surface area contributed by atoms with Gasteiger partial charge in [-0.05, 0) is 27.8 Å². The lowest BCUT2D eigenvalue weighted by Gasteiger charge is -2.24. The Hall–Kier alpha value is -1.56. The van der Waals surface area contributed by atoms with Gasteiger partial charge in [0.25, 0.3) is 0 Å². The Bertz CT molecular complexity index is 424. The van der Waals surface area contributed by atoms with Crippen molar-refractivity contribution >= 4 is 6.09 Å². The van der Waals surface area contributed by atoms with Crippen LogP contribution in [0.15, 0.2) is 0 Å². The van der Waals surface area contributed by atoms with E-state index in [4.69, 9.17) is 4.74 Å². The summed E-state index contributed by atoms with van der Waals surface area (Å²) in [6.45, 7) is 7.36. The van der Waals surface area contributed by atoms with Gasteiger partial charge in [0.15, 0.2) is 0 Å². The molecule has 0 fully saturated rings. The molecule has 2 N–H and O–H groups in total. The van der Waals surface area contributed by atoms with Gasteiger partial charge in [-0.1, -0.05) is 0 Å². The molecule has 0 radical (unpaired) electrons. The second kappa shape index (κ2) is 4.61. The van der Waals surface area contributed by atoms with Crippen molar-refractivity contribution in [2.24, 2.45) is 0 Å². The van der Waals surface area contributed by atoms with Gasteiger partial charge in [-0.25, -0.2) is 9.78 Å². The van der Waals surface area contributed by atoms with Crippen LogP contribution in [0.4, 0.5) is 4.79 Å². The Morgan fingerprint density at radius 1 is 1.50 bits per heavy atom. The maximum atomic E-state index is 11.9. The van der Waals surface area contributed by atoms with Gasteiger partial charge in [0.2, 0.25) is 0 Å². The summed E-state index contributed by atoms with van der Waals surface area (Å²) in [5.41, 5.74) is 1.48. The fourth-order valence-electron chi connectivity index (χ4n) is 1.90. The number of hydrogen-bond acceptors (Lipinski definition) is 4. The van der Waals surface area contributed by atoms with E-state index in [9.17, 15) is 4.79 Å². The van der Waals surface area contributed by atoms with Crippen molar-refractivity contribution in [1.82, 2.24) is 20.2 Å². The van der Waals surface area contributed by atoms with E-state index in [1.54, 1.807) is 4.90 Å². The summed E-state index contributed by atoms with van der Waals surface area (Å²) in [6, 6.07) is 0. The Balaban J connectivity index is 1.98. The number of carbonyl (C=O) groups is 1. The molecule has 1 aliphatic heterocycles. The first kappa shape index (κ1) is 12.9. The molecule has 1 aromatic heterocycles. The van der Waals surface area contributed by atoms with Crippen LogP contribution >= 0.6 is 0 Å². The minimum atomic E-state index is -0.460. The molecule has 0 aliphatic carbocycles. The molecule has 0 spiro atoms. The van der Waals surface area contributed by atoms with Gasteiger partial charge in [-0.15, -0.1) is 0 Å². The van der Waals surface area contributed by atoms with E-state index < -0.39 is 5.60 Å². The van der Waals surface area contributed by atoms with Crippen molar-refractivity contribution in [2.75, 3.05) is 7.05 Å². The Morgan fingerprint density at radius 3 is 2.78 bits per heavy atom. The third-order valence-corrected chi connectivity index (χ3v) is 2.60. The number of hydrogen-bond donors (Lipinski definition) is 2. The molecule has 6 nitrogen and oxygen atoms in total. The van der Waals surface area contributed by atoms with Gasteiger partial charge in [0.05, 0.1) is 31.0 Å². The quantitative estimate of drug-likeness (QED) is 0.834. The van der Waals surface area contributed by atoms with Crippen molar-refractivity contribution in [2.45, 2.75) is 46.0 Å². The first-order valence-electron chi connectivity index (χ1n) is 6.08. The molecule has 1 aliphatic rings. The Labute approximate surface area is 107 Å². The minimum Gasteiger partial charge on any atom is -0.444 e. The Kier molecular flexibility index (Phi) is 3.30. The third kappa shape index (κ3) is 2.81. The van der Waals surface area contributed by atoms with E-state index in [1.807, 2.05) is 27.8 Å². The molecule has 2 heterocycles. The molecular formula is C12H20N4O2. The molecule has 0 saturated heterocycles. The molecule has 0 aromatic carbocycles. The molecule has 2 rings (SSSR count). The molecule has 0 bridgehead atoms. The largest absolute Gasteiger partial charge is 0.444 e. The first-order chi connectivity index (χ1) is 8.39. The predicted molar refractivity (Wildman–Crippen MR) is 66.8 cm³/mol. The number of nitrogens with zero attached hydrogens (tertiary/aromatic N) is 2. The van der Waals surface area contributed by atoms with Crippen molar-refractivity contribution in [3.8, 4) is 0 Å². The van der Waals surface area contributed by atoms with Gasteiger partial charge < -0.3 is 15.0 Å². The predicted octanol–water partition coefficient (Wildman–Crippen LogP) is 1.38. The minimum absolute atomic E-state index is 0.288. The van der Waals surface area contributed by atoms with Gasteiger partial charge in [-0.2, -0.15) is 0 Å². The molecule has 100 valence electrons. The second-order valence-electron chi connectivity index (χ2n) is 5.48. The average molecular weight is 252 g/mol. The Morgan fingerprint density at radius 2 is 2.22 bits per heavy atom. The van der Waals surface area contributed by atoms with Gasteiger partial charge in [-0.3, -0.25) is 4.90 Å². The van der Waals surface area contributed by atoms with E-state index in [0.29, 0.717) is 19.6 Å². The van der Waals surface area contributed by atoms with Gasteiger partial charge in [0, 0.05) is 0 Å². The zero-order valence-corrected chi connectivity index (χ0v) is 11.3. The van der Waals surface area contributed by atoms with E-state index >= 15 is 0 Å². The van der Waals surface area contributed by atoms with Crippen LogP contribution in [0.5, 0.6) is 0 Å². The van der Waals surface area contributed by atoms with Crippen LogP contribution in [0.3, 0.4) is 0 Å². The summed E-state index contributed by atoms with van der Waals surface area (Å²) in [4.78, 5) is 21.2. The van der Waals surface area contributed by atoms with Crippen molar-refractivity contribution in [3.63, 3.8) is 0 Å². The number of aromatic nitrogens is 2. The van der Waals surface area contributed by atoms with Crippen LogP contribution in [0.25, 0.3) is 0 Å². The number of rotatable bonds is 2. The highest BCUT2D eigenvalue weighted by atomic mass is 16.6. The smallest absolute Gasteiger partial charge is 0.410 e. The number of ether oxygens (including phenoxy) is 1. The molecule has 0 saturated carbocycles. The standard InChI is InChI=1S/C12H20N4O2/c1-12(2,3)18-11(17)16-6-8-9(7-16)15-10(14-8)5-13-4/h13H,5-7H2,1-4H3,(H,14,15). The molecule has 1 amide bonds. The lowest BCUT2D eigenvalue weighted by Crippen LogP contribution is -2.33. The van der Waals surface area contributed by atoms with E-state index in [1.165, 1.54) is 0 Å². The molecule has 0 unspecified atom stereocenters. The number of H-pyrrole nitrogens is 1. The van der Waals surface area contributed by atoms with Gasteiger partial charge in [0.1, 0.15) is 11.4 Å². The van der Waals surface area contributed by atoms with E-state index in [0.717, 1.165) is 17.2 Å². The fourth-order valence-corrected chi connectivity index (χ4v) is 1.90. The third-order valence-electron chi connectivity index (χ3n) is 2.60. The summed E-state index contributed by atoms with van der Waals surface area (Å²) >= 11 is 0. The lowest BCUT2D eigenvalue weighted by molar-refractivity contribution is 0.0238. The highest BCUT2D eigenvalue weighted by Crippen LogP contribution is 2.22. The zero-order valence-electron chi connectivity index (χ0n) is 11.3. The molecule has 1 aromatic rings. The fraction of sp³-hybridized carbons (Fsp3) is 0.667. The number of aromatic amines is 1. The van der Waals surface area contributed by atoms with Crippen LogP contribution in [0.1, 0.15) is 38.0 Å². The summed E-state index contributed by atoms with van der Waals surface area (Å²) in [5, 5.41) is 3.04. The average Bonchev–Trinajstić information content (AvgIpc) is 2.72. The second-order valence-corrected chi connectivity index (χ2v) is 5.48. The van der Waals surface area contributed by atoms with Crippen LogP contribution in [0, 0.1) is 0 Å². The summed E-state index contributed by atoms with van der Waals surface area (Å²) in [7, 11) is 1.88. The number of fused-ring (bicyclic) bond motifs is 1. The maximum absolute atomic E-state index is 11.9.